The Labute approximate surface area is 205 Å². The summed E-state index contributed by atoms with van der Waals surface area (Å²) in [5.41, 5.74) is 4.72. The lowest BCUT2D eigenvalue weighted by Gasteiger charge is -2.24. The van der Waals surface area contributed by atoms with Crippen molar-refractivity contribution in [2.75, 3.05) is 24.5 Å². The van der Waals surface area contributed by atoms with Crippen LogP contribution in [0.15, 0.2) is 72.8 Å². The molecule has 0 unspecified atom stereocenters. The molecule has 2 aliphatic rings. The van der Waals surface area contributed by atoms with Crippen molar-refractivity contribution in [3.63, 3.8) is 0 Å². The summed E-state index contributed by atoms with van der Waals surface area (Å²) in [7, 11) is 0. The summed E-state index contributed by atoms with van der Waals surface area (Å²) in [6, 6.07) is 23.2. The van der Waals surface area contributed by atoms with Crippen LogP contribution in [0.1, 0.15) is 39.9 Å². The Bertz CT molecular complexity index is 1190. The van der Waals surface area contributed by atoms with Gasteiger partial charge in [-0.2, -0.15) is 0 Å². The summed E-state index contributed by atoms with van der Waals surface area (Å²) < 4.78 is 0. The van der Waals surface area contributed by atoms with E-state index in [0.29, 0.717) is 23.7 Å². The molecule has 0 aromatic heterocycles. The molecule has 5 rings (SSSR count). The van der Waals surface area contributed by atoms with Gasteiger partial charge in [-0.3, -0.25) is 14.5 Å². The van der Waals surface area contributed by atoms with Crippen LogP contribution in [0.2, 0.25) is 5.02 Å². The minimum atomic E-state index is -0.172. The molecular formula is C28H28ClN3O2. The van der Waals surface area contributed by atoms with Crippen molar-refractivity contribution in [2.24, 2.45) is 0 Å². The molecule has 0 spiro atoms. The van der Waals surface area contributed by atoms with E-state index in [2.05, 4.69) is 29.2 Å². The SMILES string of the molecule is O=C(c1ccc(Cl)cc1)N1CC(=O)N(Cc2cccc(CN3CCCC3)c2)c2ccccc2C1. The topological polar surface area (TPSA) is 43.9 Å². The fourth-order valence-corrected chi connectivity index (χ4v) is 4.98. The molecule has 0 aliphatic carbocycles. The van der Waals surface area contributed by atoms with Crippen LogP contribution >= 0.6 is 11.6 Å². The van der Waals surface area contributed by atoms with Crippen molar-refractivity contribution in [3.05, 3.63) is 100 Å². The van der Waals surface area contributed by atoms with Gasteiger partial charge in [0, 0.05) is 29.4 Å². The molecule has 0 saturated carbocycles. The third kappa shape index (κ3) is 5.01. The quantitative estimate of drug-likeness (QED) is 0.516. The van der Waals surface area contributed by atoms with Gasteiger partial charge in [0.1, 0.15) is 6.54 Å². The number of nitrogens with zero attached hydrogens (tertiary/aromatic N) is 3. The first kappa shape index (κ1) is 22.6. The number of fused-ring (bicyclic) bond motifs is 1. The van der Waals surface area contributed by atoms with E-state index in [-0.39, 0.29) is 18.4 Å². The van der Waals surface area contributed by atoms with E-state index in [9.17, 15) is 9.59 Å². The number of para-hydroxylation sites is 1. The Morgan fingerprint density at radius 3 is 2.29 bits per heavy atom. The highest BCUT2D eigenvalue weighted by molar-refractivity contribution is 6.30. The third-order valence-corrected chi connectivity index (χ3v) is 6.84. The molecule has 3 aromatic rings. The molecule has 2 aliphatic heterocycles. The van der Waals surface area contributed by atoms with E-state index >= 15 is 0 Å². The lowest BCUT2D eigenvalue weighted by atomic mass is 10.1. The van der Waals surface area contributed by atoms with Crippen LogP contribution in [0.4, 0.5) is 5.69 Å². The van der Waals surface area contributed by atoms with Crippen LogP contribution in [0, 0.1) is 0 Å². The minimum Gasteiger partial charge on any atom is -0.325 e. The second-order valence-electron chi connectivity index (χ2n) is 9.08. The first-order valence-corrected chi connectivity index (χ1v) is 12.2. The highest BCUT2D eigenvalue weighted by Crippen LogP contribution is 2.28. The van der Waals surface area contributed by atoms with E-state index in [0.717, 1.165) is 36.4 Å². The van der Waals surface area contributed by atoms with Gasteiger partial charge in [0.15, 0.2) is 0 Å². The number of carbonyl (C=O) groups is 2. The van der Waals surface area contributed by atoms with Crippen molar-refractivity contribution in [1.82, 2.24) is 9.80 Å². The van der Waals surface area contributed by atoms with Crippen LogP contribution in [0.5, 0.6) is 0 Å². The van der Waals surface area contributed by atoms with Crippen molar-refractivity contribution < 1.29 is 9.59 Å². The van der Waals surface area contributed by atoms with Gasteiger partial charge in [0.25, 0.3) is 5.91 Å². The Morgan fingerprint density at radius 2 is 1.53 bits per heavy atom. The smallest absolute Gasteiger partial charge is 0.254 e. The predicted octanol–water partition coefficient (Wildman–Crippen LogP) is 5.13. The number of benzene rings is 3. The Morgan fingerprint density at radius 1 is 0.824 bits per heavy atom. The maximum atomic E-state index is 13.4. The monoisotopic (exact) mass is 473 g/mol. The molecule has 1 fully saturated rings. The first-order chi connectivity index (χ1) is 16.6. The number of anilines is 1. The molecule has 174 valence electrons. The van der Waals surface area contributed by atoms with Gasteiger partial charge >= 0.3 is 0 Å². The first-order valence-electron chi connectivity index (χ1n) is 11.8. The summed E-state index contributed by atoms with van der Waals surface area (Å²) in [5, 5.41) is 0.576. The molecule has 0 bridgehead atoms. The standard InChI is InChI=1S/C28H28ClN3O2/c29-25-12-10-23(11-13-25)28(34)31-19-24-8-1-2-9-26(24)32(27(33)20-31)18-22-7-5-6-21(16-22)17-30-14-3-4-15-30/h1-2,5-13,16H,3-4,14-15,17-20H2. The van der Waals surface area contributed by atoms with E-state index in [1.165, 1.54) is 18.4 Å². The molecule has 1 saturated heterocycles. The van der Waals surface area contributed by atoms with Gasteiger partial charge in [0.2, 0.25) is 5.91 Å². The van der Waals surface area contributed by atoms with Crippen LogP contribution in [0.3, 0.4) is 0 Å². The van der Waals surface area contributed by atoms with Crippen molar-refractivity contribution >= 4 is 29.1 Å². The molecule has 34 heavy (non-hydrogen) atoms. The normalized spacial score (nSPS) is 16.4. The zero-order valence-corrected chi connectivity index (χ0v) is 19.9. The number of amides is 2. The molecular weight excluding hydrogens is 446 g/mol. The van der Waals surface area contributed by atoms with Crippen molar-refractivity contribution in [1.29, 1.82) is 0 Å². The maximum absolute atomic E-state index is 13.4. The van der Waals surface area contributed by atoms with E-state index < -0.39 is 0 Å². The summed E-state index contributed by atoms with van der Waals surface area (Å²) in [6.07, 6.45) is 2.54. The highest BCUT2D eigenvalue weighted by Gasteiger charge is 2.29. The number of hydrogen-bond donors (Lipinski definition) is 0. The third-order valence-electron chi connectivity index (χ3n) is 6.59. The van der Waals surface area contributed by atoms with Crippen molar-refractivity contribution in [3.8, 4) is 0 Å². The van der Waals surface area contributed by atoms with Gasteiger partial charge in [0.05, 0.1) is 6.54 Å². The molecule has 0 N–H and O–H groups in total. The summed E-state index contributed by atoms with van der Waals surface area (Å²) in [5.74, 6) is -0.258. The number of hydrogen-bond acceptors (Lipinski definition) is 3. The Kier molecular flexibility index (Phi) is 6.66. The molecule has 0 radical (unpaired) electrons. The van der Waals surface area contributed by atoms with Gasteiger partial charge in [-0.05, 0) is 73.0 Å². The number of halogens is 1. The van der Waals surface area contributed by atoms with Crippen LogP contribution in [-0.4, -0.2) is 41.2 Å². The van der Waals surface area contributed by atoms with E-state index in [4.69, 9.17) is 11.6 Å². The van der Waals surface area contributed by atoms with Crippen LogP contribution in [0.25, 0.3) is 0 Å². The highest BCUT2D eigenvalue weighted by atomic mass is 35.5. The Hall–Kier alpha value is -3.15. The van der Waals surface area contributed by atoms with Crippen LogP contribution in [-0.2, 0) is 24.4 Å². The fraction of sp³-hybridized carbons (Fsp3) is 0.286. The van der Waals surface area contributed by atoms with Gasteiger partial charge < -0.3 is 9.80 Å². The summed E-state index contributed by atoms with van der Waals surface area (Å²) in [6.45, 7) is 4.15. The Balaban J connectivity index is 1.39. The fourth-order valence-electron chi connectivity index (χ4n) is 4.85. The largest absolute Gasteiger partial charge is 0.325 e. The molecule has 3 aromatic carbocycles. The number of carbonyl (C=O) groups excluding carboxylic acids is 2. The number of likely N-dealkylation sites (tertiary alicyclic amines) is 1. The lowest BCUT2D eigenvalue weighted by molar-refractivity contribution is -0.119. The number of rotatable bonds is 5. The zero-order valence-electron chi connectivity index (χ0n) is 19.1. The second-order valence-corrected chi connectivity index (χ2v) is 9.52. The van der Waals surface area contributed by atoms with Crippen LogP contribution < -0.4 is 4.90 Å². The molecule has 0 atom stereocenters. The minimum absolute atomic E-state index is 0.0314. The molecule has 2 amide bonds. The predicted molar refractivity (Wildman–Crippen MR) is 135 cm³/mol. The molecule has 6 heteroatoms. The van der Waals surface area contributed by atoms with Crippen molar-refractivity contribution in [2.45, 2.75) is 32.5 Å². The zero-order chi connectivity index (χ0) is 23.5. The molecule has 2 heterocycles. The maximum Gasteiger partial charge on any atom is 0.254 e. The average molecular weight is 474 g/mol. The van der Waals surface area contributed by atoms with Gasteiger partial charge in [-0.25, -0.2) is 0 Å². The van der Waals surface area contributed by atoms with E-state index in [1.54, 1.807) is 29.2 Å². The molecule has 5 nitrogen and oxygen atoms in total. The summed E-state index contributed by atoms with van der Waals surface area (Å²) >= 11 is 5.98. The summed E-state index contributed by atoms with van der Waals surface area (Å²) in [4.78, 5) is 32.6. The van der Waals surface area contributed by atoms with E-state index in [1.807, 2.05) is 29.2 Å². The van der Waals surface area contributed by atoms with Gasteiger partial charge in [-0.15, -0.1) is 0 Å². The average Bonchev–Trinajstić information content (AvgIpc) is 3.31. The lowest BCUT2D eigenvalue weighted by Crippen LogP contribution is -2.39. The second kappa shape index (κ2) is 10.00. The van der Waals surface area contributed by atoms with Gasteiger partial charge in [-0.1, -0.05) is 54.1 Å².